The molecule has 1 rings (SSSR count). The molecule has 8 nitrogen and oxygen atoms in total. The van der Waals surface area contributed by atoms with Crippen molar-refractivity contribution in [2.75, 3.05) is 0 Å². The summed E-state index contributed by atoms with van der Waals surface area (Å²) in [5.74, 6) is -2.09. The average molecular weight is 336 g/mol. The number of carboxylic acids is 1. The van der Waals surface area contributed by atoms with Crippen molar-refractivity contribution < 1.29 is 26.7 Å². The van der Waals surface area contributed by atoms with E-state index in [-0.39, 0.29) is 9.79 Å². The van der Waals surface area contributed by atoms with Gasteiger partial charge in [0.1, 0.15) is 0 Å². The number of carboxylic acid groups (broad SMARTS) is 1. The summed E-state index contributed by atoms with van der Waals surface area (Å²) in [5, 5.41) is 13.8. The molecule has 118 valence electrons. The molecular weight excluding hydrogens is 320 g/mol. The molecule has 2 unspecified atom stereocenters. The molecule has 0 aromatic heterocycles. The van der Waals surface area contributed by atoms with Crippen molar-refractivity contribution in [3.63, 3.8) is 0 Å². The lowest BCUT2D eigenvalue weighted by Crippen LogP contribution is -2.40. The van der Waals surface area contributed by atoms with Crippen LogP contribution < -0.4 is 9.86 Å². The maximum atomic E-state index is 12.1. The topological polar surface area (TPSA) is 144 Å². The molecule has 4 N–H and O–H groups in total. The average Bonchev–Trinajstić information content (AvgIpc) is 2.36. The first-order chi connectivity index (χ1) is 9.45. The van der Waals surface area contributed by atoms with Crippen LogP contribution in [0.2, 0.25) is 0 Å². The van der Waals surface area contributed by atoms with Crippen molar-refractivity contribution in [3.8, 4) is 0 Å². The molecule has 0 heterocycles. The molecule has 0 bridgehead atoms. The minimum Gasteiger partial charge on any atom is -0.481 e. The van der Waals surface area contributed by atoms with Crippen LogP contribution >= 0.6 is 0 Å². The molecule has 1 aromatic carbocycles. The Labute approximate surface area is 123 Å². The summed E-state index contributed by atoms with van der Waals surface area (Å²) in [6.07, 6.45) is 0. The number of hydrogen-bond acceptors (Lipinski definition) is 5. The van der Waals surface area contributed by atoms with E-state index in [1.165, 1.54) is 26.0 Å². The Morgan fingerprint density at radius 3 is 2.19 bits per heavy atom. The van der Waals surface area contributed by atoms with Gasteiger partial charge in [-0.15, -0.1) is 0 Å². The van der Waals surface area contributed by atoms with E-state index in [9.17, 15) is 21.6 Å². The van der Waals surface area contributed by atoms with Gasteiger partial charge in [-0.2, -0.15) is 0 Å². The summed E-state index contributed by atoms with van der Waals surface area (Å²) in [5.41, 5.74) is 0. The Bertz CT molecular complexity index is 742. The van der Waals surface area contributed by atoms with Gasteiger partial charge in [0.15, 0.2) is 0 Å². The third-order valence-corrected chi connectivity index (χ3v) is 5.39. The monoisotopic (exact) mass is 336 g/mol. The van der Waals surface area contributed by atoms with Gasteiger partial charge in [-0.1, -0.05) is 13.0 Å². The first kappa shape index (κ1) is 17.6. The molecule has 0 aliphatic heterocycles. The Morgan fingerprint density at radius 1 is 1.19 bits per heavy atom. The molecule has 10 heteroatoms. The van der Waals surface area contributed by atoms with Gasteiger partial charge in [0, 0.05) is 6.04 Å². The first-order valence-electron chi connectivity index (χ1n) is 5.83. The second kappa shape index (κ2) is 6.10. The molecule has 0 aliphatic carbocycles. The number of nitrogens with one attached hydrogen (secondary N) is 1. The maximum absolute atomic E-state index is 12.1. The van der Waals surface area contributed by atoms with E-state index in [0.717, 1.165) is 12.1 Å². The highest BCUT2D eigenvalue weighted by Gasteiger charge is 2.25. The van der Waals surface area contributed by atoms with Crippen molar-refractivity contribution in [2.24, 2.45) is 11.1 Å². The quantitative estimate of drug-likeness (QED) is 0.652. The van der Waals surface area contributed by atoms with Crippen molar-refractivity contribution in [1.29, 1.82) is 0 Å². The standard InChI is InChI=1S/C11H16N2O6S2/c1-7(11(14)15)8(2)13-21(18,19)10-5-3-4-9(6-10)20(12,16)17/h3-8,13H,1-2H3,(H,14,15)(H2,12,16,17). The Kier molecular flexibility index (Phi) is 5.10. The number of sulfonamides is 2. The summed E-state index contributed by atoms with van der Waals surface area (Å²) < 4.78 is 48.8. The number of nitrogens with two attached hydrogens (primary N) is 1. The third kappa shape index (κ3) is 4.49. The van der Waals surface area contributed by atoms with Crippen LogP contribution in [-0.2, 0) is 24.8 Å². The fourth-order valence-electron chi connectivity index (χ4n) is 1.45. The molecule has 0 fully saturated rings. The van der Waals surface area contributed by atoms with Crippen LogP contribution in [0.5, 0.6) is 0 Å². The first-order valence-corrected chi connectivity index (χ1v) is 8.86. The van der Waals surface area contributed by atoms with Gasteiger partial charge < -0.3 is 5.11 Å². The molecule has 21 heavy (non-hydrogen) atoms. The van der Waals surface area contributed by atoms with E-state index >= 15 is 0 Å². The summed E-state index contributed by atoms with van der Waals surface area (Å²) in [7, 11) is -8.08. The minimum atomic E-state index is -4.05. The fourth-order valence-corrected chi connectivity index (χ4v) is 3.45. The molecule has 2 atom stereocenters. The van der Waals surface area contributed by atoms with E-state index in [0.29, 0.717) is 0 Å². The van der Waals surface area contributed by atoms with Crippen LogP contribution in [-0.4, -0.2) is 34.0 Å². The number of aliphatic carboxylic acids is 1. The molecule has 0 saturated carbocycles. The summed E-state index contributed by atoms with van der Waals surface area (Å²) >= 11 is 0. The number of hydrogen-bond donors (Lipinski definition) is 3. The summed E-state index contributed by atoms with van der Waals surface area (Å²) in [6, 6.07) is 3.63. The molecule has 0 saturated heterocycles. The molecule has 0 aliphatic rings. The number of carbonyl (C=O) groups is 1. The van der Waals surface area contributed by atoms with Gasteiger partial charge in [-0.3, -0.25) is 4.79 Å². The molecular formula is C11H16N2O6S2. The molecule has 0 spiro atoms. The van der Waals surface area contributed by atoms with E-state index in [1.807, 2.05) is 0 Å². The highest BCUT2D eigenvalue weighted by molar-refractivity contribution is 7.90. The zero-order chi connectivity index (χ0) is 16.4. The van der Waals surface area contributed by atoms with Crippen molar-refractivity contribution in [3.05, 3.63) is 24.3 Å². The maximum Gasteiger partial charge on any atom is 0.307 e. The lowest BCUT2D eigenvalue weighted by Gasteiger charge is -2.18. The van der Waals surface area contributed by atoms with Gasteiger partial charge in [0.05, 0.1) is 15.7 Å². The highest BCUT2D eigenvalue weighted by Crippen LogP contribution is 2.16. The van der Waals surface area contributed by atoms with Crippen LogP contribution in [0.3, 0.4) is 0 Å². The summed E-state index contributed by atoms with van der Waals surface area (Å²) in [6.45, 7) is 2.76. The smallest absolute Gasteiger partial charge is 0.307 e. The molecule has 0 amide bonds. The predicted octanol–water partition coefficient (Wildman–Crippen LogP) is -0.278. The largest absolute Gasteiger partial charge is 0.481 e. The van der Waals surface area contributed by atoms with Gasteiger partial charge in [0.25, 0.3) is 0 Å². The predicted molar refractivity (Wildman–Crippen MR) is 74.4 cm³/mol. The van der Waals surface area contributed by atoms with Crippen LogP contribution in [0.4, 0.5) is 0 Å². The van der Waals surface area contributed by atoms with Crippen molar-refractivity contribution in [1.82, 2.24) is 4.72 Å². The highest BCUT2D eigenvalue weighted by atomic mass is 32.2. The second-order valence-electron chi connectivity index (χ2n) is 4.56. The molecule has 1 aromatic rings. The number of primary sulfonamides is 1. The zero-order valence-corrected chi connectivity index (χ0v) is 13.0. The fraction of sp³-hybridized carbons (Fsp3) is 0.364. The number of benzene rings is 1. The lowest BCUT2D eigenvalue weighted by molar-refractivity contribution is -0.141. The number of rotatable bonds is 6. The van der Waals surface area contributed by atoms with Crippen LogP contribution in [0.1, 0.15) is 13.8 Å². The van der Waals surface area contributed by atoms with Crippen LogP contribution in [0.25, 0.3) is 0 Å². The lowest BCUT2D eigenvalue weighted by atomic mass is 10.1. The third-order valence-electron chi connectivity index (χ3n) is 2.92. The van der Waals surface area contributed by atoms with Gasteiger partial charge >= 0.3 is 5.97 Å². The second-order valence-corrected chi connectivity index (χ2v) is 7.83. The van der Waals surface area contributed by atoms with Gasteiger partial charge in [0.2, 0.25) is 20.0 Å². The van der Waals surface area contributed by atoms with Crippen LogP contribution in [0, 0.1) is 5.92 Å². The van der Waals surface area contributed by atoms with Gasteiger partial charge in [-0.05, 0) is 25.1 Å². The normalized spacial score (nSPS) is 15.4. The van der Waals surface area contributed by atoms with Crippen molar-refractivity contribution >= 4 is 26.0 Å². The van der Waals surface area contributed by atoms with E-state index in [1.54, 1.807) is 0 Å². The zero-order valence-electron chi connectivity index (χ0n) is 11.3. The van der Waals surface area contributed by atoms with E-state index in [2.05, 4.69) is 4.72 Å². The van der Waals surface area contributed by atoms with Crippen molar-refractivity contribution in [2.45, 2.75) is 29.7 Å². The minimum absolute atomic E-state index is 0.307. The Morgan fingerprint density at radius 2 is 1.71 bits per heavy atom. The summed E-state index contributed by atoms with van der Waals surface area (Å²) in [4.78, 5) is 10.2. The molecule has 0 radical (unpaired) electrons. The SMILES string of the molecule is CC(NS(=O)(=O)c1cccc(S(N)(=O)=O)c1)C(C)C(=O)O. The van der Waals surface area contributed by atoms with Crippen LogP contribution in [0.15, 0.2) is 34.1 Å². The van der Waals surface area contributed by atoms with E-state index < -0.39 is 38.0 Å². The Hall–Kier alpha value is -1.49. The Balaban J connectivity index is 3.12. The van der Waals surface area contributed by atoms with E-state index in [4.69, 9.17) is 10.2 Å². The van der Waals surface area contributed by atoms with Gasteiger partial charge in [-0.25, -0.2) is 26.7 Å².